The minimum Gasteiger partial charge on any atom is -0.314 e. The first-order valence-electron chi connectivity index (χ1n) is 19.6. The van der Waals surface area contributed by atoms with Gasteiger partial charge in [0.1, 0.15) is 0 Å². The Labute approximate surface area is 330 Å². The van der Waals surface area contributed by atoms with Crippen molar-refractivity contribution in [2.75, 3.05) is 4.90 Å². The third-order valence-corrected chi connectivity index (χ3v) is 11.8. The van der Waals surface area contributed by atoms with Crippen LogP contribution >= 0.6 is 0 Å². The second kappa shape index (κ2) is 14.4. The van der Waals surface area contributed by atoms with E-state index >= 15 is 0 Å². The number of hydrogen-bond donors (Lipinski definition) is 0. The van der Waals surface area contributed by atoms with E-state index in [1.807, 2.05) is 0 Å². The molecule has 0 radical (unpaired) electrons. The summed E-state index contributed by atoms with van der Waals surface area (Å²) in [5.74, 6) is 0.141. The van der Waals surface area contributed by atoms with Crippen LogP contribution in [-0.2, 0) is 5.41 Å². The highest BCUT2D eigenvalue weighted by Gasteiger charge is 2.53. The first-order valence-corrected chi connectivity index (χ1v) is 19.6. The van der Waals surface area contributed by atoms with Crippen molar-refractivity contribution in [1.29, 1.82) is 0 Å². The van der Waals surface area contributed by atoms with Crippen LogP contribution < -0.4 is 4.90 Å². The van der Waals surface area contributed by atoms with Crippen molar-refractivity contribution in [3.8, 4) is 22.3 Å². The molecule has 0 aromatic heterocycles. The van der Waals surface area contributed by atoms with Crippen molar-refractivity contribution < 1.29 is 0 Å². The number of rotatable bonds is 8. The first-order chi connectivity index (χ1) is 27.8. The summed E-state index contributed by atoms with van der Waals surface area (Å²) in [4.78, 5) is 2.53. The molecular formula is C55H41N. The maximum absolute atomic E-state index is 2.53. The molecule has 2 aliphatic carbocycles. The first kappa shape index (κ1) is 33.6. The van der Waals surface area contributed by atoms with Crippen LogP contribution in [0.1, 0.15) is 34.2 Å². The van der Waals surface area contributed by atoms with Gasteiger partial charge in [-0.3, -0.25) is 0 Å². The smallest absolute Gasteiger partial charge is 0.0529 e. The van der Waals surface area contributed by atoms with E-state index in [9.17, 15) is 0 Å². The summed E-state index contributed by atoms with van der Waals surface area (Å²) in [5.41, 5.74) is 17.2. The predicted octanol–water partition coefficient (Wildman–Crippen LogP) is 14.0. The second-order valence-electron chi connectivity index (χ2n) is 14.8. The van der Waals surface area contributed by atoms with Crippen LogP contribution in [0.2, 0.25) is 0 Å². The zero-order chi connectivity index (χ0) is 37.3. The van der Waals surface area contributed by atoms with Gasteiger partial charge in [-0.15, -0.1) is 0 Å². The average molecular weight is 716 g/mol. The highest BCUT2D eigenvalue weighted by molar-refractivity contribution is 5.96. The summed E-state index contributed by atoms with van der Waals surface area (Å²) in [6.07, 6.45) is 3.35. The molecular weight excluding hydrogens is 675 g/mol. The normalized spacial score (nSPS) is 15.4. The van der Waals surface area contributed by atoms with Crippen molar-refractivity contribution >= 4 is 22.5 Å². The Morgan fingerprint density at radius 1 is 0.375 bits per heavy atom. The molecule has 0 saturated carbocycles. The van der Waals surface area contributed by atoms with E-state index in [-0.39, 0.29) is 5.92 Å². The summed E-state index contributed by atoms with van der Waals surface area (Å²) in [5, 5.41) is 0. The molecule has 0 fully saturated rings. The molecule has 8 aromatic rings. The summed E-state index contributed by atoms with van der Waals surface area (Å²) in [6.45, 7) is 0. The Hall–Kier alpha value is -6.96. The third kappa shape index (κ3) is 5.72. The minimum absolute atomic E-state index is 0.141. The predicted molar refractivity (Wildman–Crippen MR) is 235 cm³/mol. The number of anilines is 2. The number of fused-ring (bicyclic) bond motifs is 3. The molecule has 8 aromatic carbocycles. The van der Waals surface area contributed by atoms with Crippen LogP contribution in [0.5, 0.6) is 0 Å². The SMILES string of the molecule is C1=C2c3ccccc3C(c3ccccc3)(c3ccccc3)C2CC(N(c2ccc(-c3ccccc3)cc2)c2ccc(-c3ccccc3)cc2)=C1c1ccccc1. The second-order valence-corrected chi connectivity index (χ2v) is 14.8. The quantitative estimate of drug-likeness (QED) is 0.151. The third-order valence-electron chi connectivity index (χ3n) is 11.8. The topological polar surface area (TPSA) is 3.24 Å². The zero-order valence-electron chi connectivity index (χ0n) is 31.2. The molecule has 266 valence electrons. The van der Waals surface area contributed by atoms with Gasteiger partial charge in [-0.2, -0.15) is 0 Å². The fourth-order valence-corrected chi connectivity index (χ4v) is 9.36. The lowest BCUT2D eigenvalue weighted by atomic mass is 9.62. The number of benzene rings is 8. The molecule has 0 bridgehead atoms. The zero-order valence-corrected chi connectivity index (χ0v) is 31.2. The van der Waals surface area contributed by atoms with E-state index in [1.54, 1.807) is 0 Å². The molecule has 0 spiro atoms. The Morgan fingerprint density at radius 3 is 1.25 bits per heavy atom. The van der Waals surface area contributed by atoms with Crippen molar-refractivity contribution in [2.45, 2.75) is 11.8 Å². The lowest BCUT2D eigenvalue weighted by Crippen LogP contribution is -2.37. The number of nitrogens with zero attached hydrogens (tertiary/aromatic N) is 1. The van der Waals surface area contributed by atoms with Gasteiger partial charge in [0, 0.05) is 28.6 Å². The number of hydrogen-bond acceptors (Lipinski definition) is 1. The van der Waals surface area contributed by atoms with Gasteiger partial charge in [-0.05, 0) is 92.4 Å². The molecule has 1 unspecified atom stereocenters. The van der Waals surface area contributed by atoms with E-state index in [0.29, 0.717) is 0 Å². The van der Waals surface area contributed by atoms with E-state index in [2.05, 4.69) is 235 Å². The Kier molecular flexibility index (Phi) is 8.61. The molecule has 0 amide bonds. The largest absolute Gasteiger partial charge is 0.314 e. The van der Waals surface area contributed by atoms with Crippen LogP contribution in [-0.4, -0.2) is 0 Å². The Morgan fingerprint density at radius 2 is 0.768 bits per heavy atom. The van der Waals surface area contributed by atoms with Gasteiger partial charge < -0.3 is 4.90 Å². The molecule has 56 heavy (non-hydrogen) atoms. The summed E-state index contributed by atoms with van der Waals surface area (Å²) < 4.78 is 0. The Balaban J connectivity index is 1.22. The lowest BCUT2D eigenvalue weighted by Gasteiger charge is -2.42. The molecule has 1 atom stereocenters. The highest BCUT2D eigenvalue weighted by Crippen LogP contribution is 2.62. The molecule has 0 heterocycles. The number of allylic oxidation sites excluding steroid dienone is 4. The average Bonchev–Trinajstić information content (AvgIpc) is 3.58. The molecule has 10 rings (SSSR count). The van der Waals surface area contributed by atoms with Gasteiger partial charge in [0.25, 0.3) is 0 Å². The molecule has 0 saturated heterocycles. The van der Waals surface area contributed by atoms with Gasteiger partial charge in [0.2, 0.25) is 0 Å². The van der Waals surface area contributed by atoms with Gasteiger partial charge in [-0.25, -0.2) is 0 Å². The molecule has 1 nitrogen and oxygen atoms in total. The molecule has 2 aliphatic rings. The fourth-order valence-electron chi connectivity index (χ4n) is 9.36. The van der Waals surface area contributed by atoms with Crippen molar-refractivity contribution in [1.82, 2.24) is 0 Å². The lowest BCUT2D eigenvalue weighted by molar-refractivity contribution is 0.474. The minimum atomic E-state index is -0.390. The Bertz CT molecular complexity index is 2540. The summed E-state index contributed by atoms with van der Waals surface area (Å²) in [7, 11) is 0. The monoisotopic (exact) mass is 715 g/mol. The van der Waals surface area contributed by atoms with Gasteiger partial charge in [0.05, 0.1) is 5.41 Å². The molecule has 0 N–H and O–H groups in total. The van der Waals surface area contributed by atoms with Crippen LogP contribution in [0.4, 0.5) is 11.4 Å². The van der Waals surface area contributed by atoms with Gasteiger partial charge in [-0.1, -0.05) is 200 Å². The van der Waals surface area contributed by atoms with Crippen molar-refractivity contribution in [3.63, 3.8) is 0 Å². The van der Waals surface area contributed by atoms with Crippen molar-refractivity contribution in [2.24, 2.45) is 5.92 Å². The van der Waals surface area contributed by atoms with E-state index in [1.165, 1.54) is 66.9 Å². The van der Waals surface area contributed by atoms with Crippen molar-refractivity contribution in [3.05, 3.63) is 264 Å². The van der Waals surface area contributed by atoms with Gasteiger partial charge in [0.15, 0.2) is 0 Å². The molecule has 0 aliphatic heterocycles. The van der Waals surface area contributed by atoms with E-state index in [4.69, 9.17) is 0 Å². The maximum atomic E-state index is 2.53. The van der Waals surface area contributed by atoms with Crippen LogP contribution in [0.3, 0.4) is 0 Å². The fraction of sp³-hybridized carbons (Fsp3) is 0.0545. The van der Waals surface area contributed by atoms with E-state index in [0.717, 1.165) is 17.8 Å². The molecule has 1 heteroatoms. The highest BCUT2D eigenvalue weighted by atomic mass is 15.2. The summed E-state index contributed by atoms with van der Waals surface area (Å²) >= 11 is 0. The van der Waals surface area contributed by atoms with Crippen LogP contribution in [0.25, 0.3) is 33.4 Å². The van der Waals surface area contributed by atoms with E-state index < -0.39 is 5.41 Å². The van der Waals surface area contributed by atoms with Gasteiger partial charge >= 0.3 is 0 Å². The van der Waals surface area contributed by atoms with Crippen LogP contribution in [0.15, 0.2) is 236 Å². The van der Waals surface area contributed by atoms with Crippen LogP contribution in [0, 0.1) is 5.92 Å². The summed E-state index contributed by atoms with van der Waals surface area (Å²) in [6, 6.07) is 82.2. The maximum Gasteiger partial charge on any atom is 0.0529 e. The standard InChI is InChI=1S/C55H41N/c1-6-18-40(19-7-1)42-30-34-47(35-31-42)56(48-36-32-43(33-37-48)41-20-8-2-9-21-41)54-39-53-51(38-50(54)44-22-10-3-11-23-44)49-28-16-17-29-52(49)55(53,45-24-12-4-13-25-45)46-26-14-5-15-27-46/h1-38,53H,39H2.